The summed E-state index contributed by atoms with van der Waals surface area (Å²) in [5, 5.41) is 22.1. The first-order valence-electron chi connectivity index (χ1n) is 7.57. The third-order valence-corrected chi connectivity index (χ3v) is 3.74. The lowest BCUT2D eigenvalue weighted by atomic mass is 9.99. The highest BCUT2D eigenvalue weighted by atomic mass is 16.4. The van der Waals surface area contributed by atoms with Gasteiger partial charge in [-0.15, -0.1) is 0 Å². The molecule has 24 heavy (non-hydrogen) atoms. The van der Waals surface area contributed by atoms with E-state index < -0.39 is 24.0 Å². The molecular weight excluding hydrogens is 308 g/mol. The molecule has 2 rings (SSSR count). The number of carboxylic acid groups (broad SMARTS) is 1. The van der Waals surface area contributed by atoms with Gasteiger partial charge in [-0.05, 0) is 36.2 Å². The SMILES string of the molecule is NC(=O)c1ccc([C@H](NCCc2ccccc2)[C@@H](O)C(=O)O)cc1. The van der Waals surface area contributed by atoms with Crippen molar-refractivity contribution in [1.29, 1.82) is 0 Å². The highest BCUT2D eigenvalue weighted by Crippen LogP contribution is 2.18. The van der Waals surface area contributed by atoms with Crippen molar-refractivity contribution in [2.24, 2.45) is 5.73 Å². The molecule has 0 saturated carbocycles. The Hall–Kier alpha value is -2.70. The second kappa shape index (κ2) is 8.24. The number of aliphatic carboxylic acids is 1. The number of carbonyl (C=O) groups is 2. The normalized spacial score (nSPS) is 13.2. The first kappa shape index (κ1) is 17.7. The van der Waals surface area contributed by atoms with Crippen LogP contribution in [0.4, 0.5) is 0 Å². The molecule has 0 unspecified atom stereocenters. The third-order valence-electron chi connectivity index (χ3n) is 3.74. The minimum absolute atomic E-state index is 0.326. The zero-order chi connectivity index (χ0) is 17.5. The average molecular weight is 328 g/mol. The lowest BCUT2D eigenvalue weighted by Crippen LogP contribution is -2.38. The van der Waals surface area contributed by atoms with E-state index in [-0.39, 0.29) is 0 Å². The number of hydrogen-bond donors (Lipinski definition) is 4. The van der Waals surface area contributed by atoms with Gasteiger partial charge in [-0.25, -0.2) is 4.79 Å². The Morgan fingerprint density at radius 3 is 2.21 bits per heavy atom. The summed E-state index contributed by atoms with van der Waals surface area (Å²) in [4.78, 5) is 22.3. The molecule has 0 aliphatic heterocycles. The number of carboxylic acids is 1. The highest BCUT2D eigenvalue weighted by molar-refractivity contribution is 5.92. The third kappa shape index (κ3) is 4.65. The molecular formula is C18H20N2O4. The Kier molecular flexibility index (Phi) is 6.06. The van der Waals surface area contributed by atoms with E-state index in [1.165, 1.54) is 12.1 Å². The summed E-state index contributed by atoms with van der Waals surface area (Å²) >= 11 is 0. The number of carbonyl (C=O) groups excluding carboxylic acids is 1. The van der Waals surface area contributed by atoms with E-state index >= 15 is 0 Å². The number of aliphatic hydroxyl groups is 1. The molecule has 0 bridgehead atoms. The highest BCUT2D eigenvalue weighted by Gasteiger charge is 2.26. The maximum absolute atomic E-state index is 11.2. The molecule has 2 aromatic carbocycles. The zero-order valence-electron chi connectivity index (χ0n) is 13.1. The zero-order valence-corrected chi connectivity index (χ0v) is 13.1. The Balaban J connectivity index is 2.09. The summed E-state index contributed by atoms with van der Waals surface area (Å²) in [6.45, 7) is 0.497. The molecule has 6 heteroatoms. The van der Waals surface area contributed by atoms with Gasteiger partial charge in [-0.3, -0.25) is 4.79 Å². The van der Waals surface area contributed by atoms with Crippen LogP contribution in [0.25, 0.3) is 0 Å². The number of aliphatic hydroxyl groups excluding tert-OH is 1. The fraction of sp³-hybridized carbons (Fsp3) is 0.222. The summed E-state index contributed by atoms with van der Waals surface area (Å²) < 4.78 is 0. The quantitative estimate of drug-likeness (QED) is 0.580. The summed E-state index contributed by atoms with van der Waals surface area (Å²) in [7, 11) is 0. The molecule has 0 fully saturated rings. The van der Waals surface area contributed by atoms with Crippen LogP contribution >= 0.6 is 0 Å². The van der Waals surface area contributed by atoms with Gasteiger partial charge in [0.1, 0.15) is 0 Å². The maximum atomic E-state index is 11.2. The van der Waals surface area contributed by atoms with E-state index in [2.05, 4.69) is 5.32 Å². The Morgan fingerprint density at radius 2 is 1.67 bits per heavy atom. The fourth-order valence-electron chi connectivity index (χ4n) is 2.43. The van der Waals surface area contributed by atoms with Crippen molar-refractivity contribution in [2.45, 2.75) is 18.6 Å². The molecule has 0 saturated heterocycles. The Bertz CT molecular complexity index is 686. The van der Waals surface area contributed by atoms with Gasteiger partial charge in [0.2, 0.25) is 5.91 Å². The molecule has 0 aliphatic rings. The predicted octanol–water partition coefficient (Wildman–Crippen LogP) is 1.10. The van der Waals surface area contributed by atoms with Crippen molar-refractivity contribution in [3.8, 4) is 0 Å². The number of hydrogen-bond acceptors (Lipinski definition) is 4. The van der Waals surface area contributed by atoms with Crippen LogP contribution in [0, 0.1) is 0 Å². The molecule has 5 N–H and O–H groups in total. The van der Waals surface area contributed by atoms with Crippen molar-refractivity contribution in [3.63, 3.8) is 0 Å². The maximum Gasteiger partial charge on any atom is 0.334 e. The van der Waals surface area contributed by atoms with Crippen LogP contribution in [0.2, 0.25) is 0 Å². The average Bonchev–Trinajstić information content (AvgIpc) is 2.59. The van der Waals surface area contributed by atoms with E-state index in [9.17, 15) is 14.7 Å². The molecule has 126 valence electrons. The van der Waals surface area contributed by atoms with Crippen LogP contribution in [0.15, 0.2) is 54.6 Å². The number of nitrogens with one attached hydrogen (secondary N) is 1. The molecule has 1 amide bonds. The summed E-state index contributed by atoms with van der Waals surface area (Å²) in [6.07, 6.45) is -0.900. The molecule has 6 nitrogen and oxygen atoms in total. The van der Waals surface area contributed by atoms with E-state index in [1.807, 2.05) is 30.3 Å². The van der Waals surface area contributed by atoms with Crippen LogP contribution in [0.5, 0.6) is 0 Å². The van der Waals surface area contributed by atoms with Gasteiger partial charge in [-0.2, -0.15) is 0 Å². The summed E-state index contributed by atoms with van der Waals surface area (Å²) in [5.74, 6) is -1.87. The van der Waals surface area contributed by atoms with Crippen LogP contribution in [0.3, 0.4) is 0 Å². The molecule has 0 spiro atoms. The standard InChI is InChI=1S/C18H20N2O4/c19-17(22)14-8-6-13(7-9-14)15(16(21)18(23)24)20-11-10-12-4-2-1-3-5-12/h1-9,15-16,20-21H,10-11H2,(H2,19,22)(H,23,24)/t15-,16+/m0/s1. The smallest absolute Gasteiger partial charge is 0.334 e. The second-order valence-corrected chi connectivity index (χ2v) is 5.44. The van der Waals surface area contributed by atoms with Gasteiger partial charge in [-0.1, -0.05) is 42.5 Å². The number of rotatable bonds is 8. The van der Waals surface area contributed by atoms with Crippen molar-refractivity contribution >= 4 is 11.9 Å². The van der Waals surface area contributed by atoms with E-state index in [0.717, 1.165) is 5.56 Å². The number of primary amides is 1. The van der Waals surface area contributed by atoms with Gasteiger partial charge in [0.15, 0.2) is 6.10 Å². The topological polar surface area (TPSA) is 113 Å². The molecule has 0 aliphatic carbocycles. The van der Waals surface area contributed by atoms with Gasteiger partial charge < -0.3 is 21.3 Å². The monoisotopic (exact) mass is 328 g/mol. The molecule has 0 aromatic heterocycles. The largest absolute Gasteiger partial charge is 0.479 e. The first-order chi connectivity index (χ1) is 11.5. The molecule has 2 aromatic rings. The summed E-state index contributed by atoms with van der Waals surface area (Å²) in [6, 6.07) is 15.2. The van der Waals surface area contributed by atoms with E-state index in [1.54, 1.807) is 12.1 Å². The van der Waals surface area contributed by atoms with Crippen molar-refractivity contribution in [1.82, 2.24) is 5.32 Å². The lowest BCUT2D eigenvalue weighted by molar-refractivity contribution is -0.148. The van der Waals surface area contributed by atoms with Crippen molar-refractivity contribution < 1.29 is 19.8 Å². The minimum atomic E-state index is -1.60. The summed E-state index contributed by atoms with van der Waals surface area (Å²) in [5.41, 5.74) is 7.20. The van der Waals surface area contributed by atoms with Crippen LogP contribution < -0.4 is 11.1 Å². The van der Waals surface area contributed by atoms with Crippen LogP contribution in [0.1, 0.15) is 27.5 Å². The number of benzene rings is 2. The first-order valence-corrected chi connectivity index (χ1v) is 7.57. The van der Waals surface area contributed by atoms with Gasteiger partial charge in [0.25, 0.3) is 0 Å². The van der Waals surface area contributed by atoms with Crippen LogP contribution in [-0.2, 0) is 11.2 Å². The fourth-order valence-corrected chi connectivity index (χ4v) is 2.43. The second-order valence-electron chi connectivity index (χ2n) is 5.44. The van der Waals surface area contributed by atoms with Gasteiger partial charge >= 0.3 is 5.97 Å². The lowest BCUT2D eigenvalue weighted by Gasteiger charge is -2.22. The predicted molar refractivity (Wildman–Crippen MR) is 89.5 cm³/mol. The Labute approximate surface area is 139 Å². The Morgan fingerprint density at radius 1 is 1.04 bits per heavy atom. The number of amides is 1. The molecule has 0 radical (unpaired) electrons. The van der Waals surface area contributed by atoms with Gasteiger partial charge in [0, 0.05) is 5.56 Å². The van der Waals surface area contributed by atoms with E-state index in [0.29, 0.717) is 24.1 Å². The molecule has 2 atom stereocenters. The van der Waals surface area contributed by atoms with Crippen molar-refractivity contribution in [3.05, 3.63) is 71.3 Å². The van der Waals surface area contributed by atoms with Crippen molar-refractivity contribution in [2.75, 3.05) is 6.54 Å². The minimum Gasteiger partial charge on any atom is -0.479 e. The van der Waals surface area contributed by atoms with Crippen LogP contribution in [-0.4, -0.2) is 34.7 Å². The van der Waals surface area contributed by atoms with Gasteiger partial charge in [0.05, 0.1) is 6.04 Å². The molecule has 0 heterocycles. The number of nitrogens with two attached hydrogens (primary N) is 1. The van der Waals surface area contributed by atoms with E-state index in [4.69, 9.17) is 10.8 Å².